The van der Waals surface area contributed by atoms with Gasteiger partial charge in [0.25, 0.3) is 0 Å². The highest BCUT2D eigenvalue weighted by atomic mass is 16.5. The fourth-order valence-corrected chi connectivity index (χ4v) is 1.33. The first-order valence-electron chi connectivity index (χ1n) is 5.61. The summed E-state index contributed by atoms with van der Waals surface area (Å²) in [6.07, 6.45) is 1.73. The molecule has 94 valence electrons. The average Bonchev–Trinajstić information content (AvgIpc) is 2.29. The topological polar surface area (TPSA) is 63.2 Å². The summed E-state index contributed by atoms with van der Waals surface area (Å²) in [4.78, 5) is 15.4. The monoisotopic (exact) mass is 237 g/mol. The van der Waals surface area contributed by atoms with Crippen molar-refractivity contribution in [2.45, 2.75) is 26.4 Å². The summed E-state index contributed by atoms with van der Waals surface area (Å²) in [6, 6.07) is 3.89. The largest absolute Gasteiger partial charge is 0.481 e. The molecule has 0 saturated heterocycles. The van der Waals surface area contributed by atoms with Gasteiger partial charge in [0.1, 0.15) is 0 Å². The average molecular weight is 237 g/mol. The highest BCUT2D eigenvalue weighted by Gasteiger charge is 2.02. The number of hydrogen-bond acceptors (Lipinski definition) is 4. The molecule has 0 saturated carbocycles. The third-order valence-electron chi connectivity index (χ3n) is 2.07. The molecule has 0 radical (unpaired) electrons. The molecule has 1 amide bonds. The van der Waals surface area contributed by atoms with E-state index < -0.39 is 0 Å². The van der Waals surface area contributed by atoms with Crippen molar-refractivity contribution in [2.24, 2.45) is 0 Å². The van der Waals surface area contributed by atoms with Crippen molar-refractivity contribution in [1.29, 1.82) is 0 Å². The van der Waals surface area contributed by atoms with Crippen molar-refractivity contribution in [3.63, 3.8) is 0 Å². The van der Waals surface area contributed by atoms with Gasteiger partial charge in [-0.15, -0.1) is 0 Å². The van der Waals surface area contributed by atoms with Gasteiger partial charge in [-0.3, -0.25) is 4.79 Å². The van der Waals surface area contributed by atoms with Crippen LogP contribution in [0.3, 0.4) is 0 Å². The Morgan fingerprint density at radius 2 is 2.24 bits per heavy atom. The van der Waals surface area contributed by atoms with E-state index in [9.17, 15) is 4.79 Å². The summed E-state index contributed by atoms with van der Waals surface area (Å²) >= 11 is 0. The lowest BCUT2D eigenvalue weighted by Crippen LogP contribution is -2.37. The predicted octanol–water partition coefficient (Wildman–Crippen LogP) is 0.704. The summed E-state index contributed by atoms with van der Waals surface area (Å²) < 4.78 is 4.96. The number of ether oxygens (including phenoxy) is 1. The second kappa shape index (κ2) is 6.85. The predicted molar refractivity (Wildman–Crippen MR) is 65.8 cm³/mol. The molecule has 0 atom stereocenters. The molecule has 5 nitrogen and oxygen atoms in total. The van der Waals surface area contributed by atoms with E-state index in [1.807, 2.05) is 19.9 Å². The van der Waals surface area contributed by atoms with E-state index in [1.54, 1.807) is 19.4 Å². The number of hydrogen-bond donors (Lipinski definition) is 2. The van der Waals surface area contributed by atoms with Crippen molar-refractivity contribution in [3.05, 3.63) is 23.9 Å². The van der Waals surface area contributed by atoms with Gasteiger partial charge in [0.15, 0.2) is 0 Å². The molecular weight excluding hydrogens is 218 g/mol. The van der Waals surface area contributed by atoms with E-state index in [-0.39, 0.29) is 11.9 Å². The molecule has 17 heavy (non-hydrogen) atoms. The molecule has 5 heteroatoms. The number of rotatable bonds is 6. The van der Waals surface area contributed by atoms with E-state index in [0.29, 0.717) is 19.0 Å². The highest BCUT2D eigenvalue weighted by Crippen LogP contribution is 2.05. The highest BCUT2D eigenvalue weighted by molar-refractivity contribution is 5.78. The number of nitrogens with zero attached hydrogens (tertiary/aromatic N) is 1. The summed E-state index contributed by atoms with van der Waals surface area (Å²) in [6.45, 7) is 4.79. The van der Waals surface area contributed by atoms with Crippen molar-refractivity contribution in [1.82, 2.24) is 15.6 Å². The molecule has 1 rings (SSSR count). The van der Waals surface area contributed by atoms with Gasteiger partial charge >= 0.3 is 0 Å². The Kier molecular flexibility index (Phi) is 5.42. The first-order valence-corrected chi connectivity index (χ1v) is 5.61. The van der Waals surface area contributed by atoms with Crippen LogP contribution >= 0.6 is 0 Å². The number of carbonyl (C=O) groups excluding carboxylic acids is 1. The summed E-state index contributed by atoms with van der Waals surface area (Å²) in [7, 11) is 1.58. The third-order valence-corrected chi connectivity index (χ3v) is 2.07. The van der Waals surface area contributed by atoms with Crippen LogP contribution in [0.4, 0.5) is 0 Å². The van der Waals surface area contributed by atoms with Crippen molar-refractivity contribution in [2.75, 3.05) is 13.7 Å². The van der Waals surface area contributed by atoms with Crippen molar-refractivity contribution >= 4 is 5.91 Å². The molecule has 1 aromatic heterocycles. The Bertz CT molecular complexity index is 349. The second-order valence-corrected chi connectivity index (χ2v) is 4.03. The van der Waals surface area contributed by atoms with Gasteiger partial charge in [-0.1, -0.05) is 6.07 Å². The van der Waals surface area contributed by atoms with Gasteiger partial charge in [-0.25, -0.2) is 4.98 Å². The Hall–Kier alpha value is -1.62. The minimum absolute atomic E-state index is 0.00136. The van der Waals surface area contributed by atoms with Gasteiger partial charge in [-0.05, 0) is 19.4 Å². The van der Waals surface area contributed by atoms with Crippen LogP contribution in [0.15, 0.2) is 18.3 Å². The van der Waals surface area contributed by atoms with Crippen molar-refractivity contribution in [3.8, 4) is 5.88 Å². The fraction of sp³-hybridized carbons (Fsp3) is 0.500. The molecule has 0 aromatic carbocycles. The number of aromatic nitrogens is 1. The zero-order valence-electron chi connectivity index (χ0n) is 10.5. The van der Waals surface area contributed by atoms with E-state index in [1.165, 1.54) is 0 Å². The quantitative estimate of drug-likeness (QED) is 0.764. The first-order chi connectivity index (χ1) is 8.11. The van der Waals surface area contributed by atoms with E-state index >= 15 is 0 Å². The summed E-state index contributed by atoms with van der Waals surface area (Å²) in [5.41, 5.74) is 1.02. The van der Waals surface area contributed by atoms with E-state index in [0.717, 1.165) is 5.56 Å². The number of amides is 1. The van der Waals surface area contributed by atoms with Crippen LogP contribution in [-0.2, 0) is 11.3 Å². The molecule has 1 heterocycles. The Morgan fingerprint density at radius 1 is 1.47 bits per heavy atom. The molecule has 0 aliphatic carbocycles. The molecule has 0 fully saturated rings. The third kappa shape index (κ3) is 5.31. The standard InChI is InChI=1S/C12H19N3O2/c1-9(2)15-11(16)8-13-6-10-4-5-12(17-3)14-7-10/h4-5,7,9,13H,6,8H2,1-3H3,(H,15,16). The first kappa shape index (κ1) is 13.4. The SMILES string of the molecule is COc1ccc(CNCC(=O)NC(C)C)cn1. The lowest BCUT2D eigenvalue weighted by molar-refractivity contribution is -0.120. The van der Waals surface area contributed by atoms with Crippen LogP contribution in [0.2, 0.25) is 0 Å². The van der Waals surface area contributed by atoms with E-state index in [2.05, 4.69) is 15.6 Å². The molecule has 0 aliphatic rings. The number of nitrogens with one attached hydrogen (secondary N) is 2. The van der Waals surface area contributed by atoms with Crippen LogP contribution in [0, 0.1) is 0 Å². The number of methoxy groups -OCH3 is 1. The van der Waals surface area contributed by atoms with Gasteiger partial charge < -0.3 is 15.4 Å². The van der Waals surface area contributed by atoms with Crippen LogP contribution in [0.25, 0.3) is 0 Å². The Labute approximate surface area is 102 Å². The Morgan fingerprint density at radius 3 is 2.76 bits per heavy atom. The van der Waals surface area contributed by atoms with Gasteiger partial charge in [-0.2, -0.15) is 0 Å². The molecule has 0 bridgehead atoms. The fourth-order valence-electron chi connectivity index (χ4n) is 1.33. The number of carbonyl (C=O) groups is 1. The lowest BCUT2D eigenvalue weighted by atomic mass is 10.3. The minimum Gasteiger partial charge on any atom is -0.481 e. The van der Waals surface area contributed by atoms with Gasteiger partial charge in [0.2, 0.25) is 11.8 Å². The minimum atomic E-state index is 0.00136. The van der Waals surface area contributed by atoms with Gasteiger partial charge in [0, 0.05) is 24.8 Å². The summed E-state index contributed by atoms with van der Waals surface area (Å²) in [5.74, 6) is 0.591. The van der Waals surface area contributed by atoms with Crippen LogP contribution in [0.1, 0.15) is 19.4 Å². The molecule has 0 spiro atoms. The molecule has 2 N–H and O–H groups in total. The second-order valence-electron chi connectivity index (χ2n) is 4.03. The summed E-state index contributed by atoms with van der Waals surface area (Å²) in [5, 5.41) is 5.86. The normalized spacial score (nSPS) is 10.4. The lowest BCUT2D eigenvalue weighted by Gasteiger charge is -2.09. The molecule has 1 aromatic rings. The Balaban J connectivity index is 2.28. The maximum atomic E-state index is 11.3. The van der Waals surface area contributed by atoms with Crippen LogP contribution in [-0.4, -0.2) is 30.6 Å². The maximum Gasteiger partial charge on any atom is 0.234 e. The van der Waals surface area contributed by atoms with E-state index in [4.69, 9.17) is 4.74 Å². The van der Waals surface area contributed by atoms with Crippen LogP contribution < -0.4 is 15.4 Å². The van der Waals surface area contributed by atoms with Crippen LogP contribution in [0.5, 0.6) is 5.88 Å². The maximum absolute atomic E-state index is 11.3. The number of pyridine rings is 1. The molecular formula is C12H19N3O2. The van der Waals surface area contributed by atoms with Crippen molar-refractivity contribution < 1.29 is 9.53 Å². The molecule has 0 aliphatic heterocycles. The smallest absolute Gasteiger partial charge is 0.234 e. The van der Waals surface area contributed by atoms with Gasteiger partial charge in [0.05, 0.1) is 13.7 Å². The molecule has 0 unspecified atom stereocenters. The zero-order chi connectivity index (χ0) is 12.7. The zero-order valence-corrected chi connectivity index (χ0v) is 10.5.